The molecule has 0 aliphatic carbocycles. The van der Waals surface area contributed by atoms with Gasteiger partial charge in [0, 0.05) is 38.3 Å². The standard InChI is InChI=1S/C26H29F3N6O/c1-18-6-7-19(12-21(18)14-32-23-15-30-17-31-16-23)24(35-10-8-34(2)9-11-35)33-25(36)20-4-3-5-22(13-20)26(27,28)29/h3-7,12-13,15-17,24,32H,8-11,14H2,1-2H3,(H,33,36). The third-order valence-corrected chi connectivity index (χ3v) is 6.36. The van der Waals surface area contributed by atoms with Gasteiger partial charge in [0.25, 0.3) is 5.91 Å². The number of hydrogen-bond acceptors (Lipinski definition) is 6. The molecule has 0 saturated carbocycles. The molecule has 0 radical (unpaired) electrons. The van der Waals surface area contributed by atoms with Crippen LogP contribution in [-0.2, 0) is 12.7 Å². The van der Waals surface area contributed by atoms with Crippen molar-refractivity contribution in [2.24, 2.45) is 0 Å². The number of benzene rings is 2. The lowest BCUT2D eigenvalue weighted by molar-refractivity contribution is -0.137. The van der Waals surface area contributed by atoms with Crippen molar-refractivity contribution in [2.75, 3.05) is 38.5 Å². The molecule has 1 fully saturated rings. The van der Waals surface area contributed by atoms with Crippen LogP contribution in [0.1, 0.15) is 38.8 Å². The molecule has 3 aromatic rings. The van der Waals surface area contributed by atoms with E-state index < -0.39 is 23.8 Å². The summed E-state index contributed by atoms with van der Waals surface area (Å²) in [7, 11) is 2.04. The molecule has 1 unspecified atom stereocenters. The van der Waals surface area contributed by atoms with Gasteiger partial charge in [0.05, 0.1) is 23.6 Å². The van der Waals surface area contributed by atoms with Gasteiger partial charge in [0.1, 0.15) is 12.5 Å². The monoisotopic (exact) mass is 498 g/mol. The molecule has 1 amide bonds. The molecule has 1 saturated heterocycles. The molecule has 1 atom stereocenters. The highest BCUT2D eigenvalue weighted by atomic mass is 19.4. The summed E-state index contributed by atoms with van der Waals surface area (Å²) < 4.78 is 39.6. The maximum Gasteiger partial charge on any atom is 0.416 e. The number of likely N-dealkylation sites (N-methyl/N-ethyl adjacent to an activating group) is 1. The number of carbonyl (C=O) groups is 1. The quantitative estimate of drug-likeness (QED) is 0.511. The van der Waals surface area contributed by atoms with Gasteiger partial charge in [-0.25, -0.2) is 9.97 Å². The summed E-state index contributed by atoms with van der Waals surface area (Å²) in [5, 5.41) is 6.30. The Labute approximate surface area is 208 Å². The van der Waals surface area contributed by atoms with E-state index in [1.807, 2.05) is 32.2 Å². The second-order valence-electron chi connectivity index (χ2n) is 8.96. The topological polar surface area (TPSA) is 73.4 Å². The summed E-state index contributed by atoms with van der Waals surface area (Å²) in [5.74, 6) is -0.549. The van der Waals surface area contributed by atoms with Crippen molar-refractivity contribution in [3.8, 4) is 0 Å². The highest BCUT2D eigenvalue weighted by Gasteiger charge is 2.32. The van der Waals surface area contributed by atoms with Crippen LogP contribution in [0.25, 0.3) is 0 Å². The SMILES string of the molecule is Cc1ccc(C(NC(=O)c2cccc(C(F)(F)F)c2)N2CCN(C)CC2)cc1CNc1cncnc1. The van der Waals surface area contributed by atoms with Crippen molar-refractivity contribution >= 4 is 11.6 Å². The van der Waals surface area contributed by atoms with Gasteiger partial charge in [-0.2, -0.15) is 13.2 Å². The zero-order chi connectivity index (χ0) is 25.7. The number of anilines is 1. The van der Waals surface area contributed by atoms with Gasteiger partial charge >= 0.3 is 6.18 Å². The first kappa shape index (κ1) is 25.6. The van der Waals surface area contributed by atoms with Gasteiger partial charge in [0.15, 0.2) is 0 Å². The summed E-state index contributed by atoms with van der Waals surface area (Å²) in [4.78, 5) is 25.5. The summed E-state index contributed by atoms with van der Waals surface area (Å²) in [6.45, 7) is 5.62. The normalized spacial score (nSPS) is 15.9. The lowest BCUT2D eigenvalue weighted by Crippen LogP contribution is -2.50. The lowest BCUT2D eigenvalue weighted by atomic mass is 10.0. The zero-order valence-corrected chi connectivity index (χ0v) is 20.2. The smallest absolute Gasteiger partial charge is 0.378 e. The van der Waals surface area contributed by atoms with E-state index in [1.54, 1.807) is 12.4 Å². The van der Waals surface area contributed by atoms with E-state index in [1.165, 1.54) is 18.5 Å². The molecule has 2 heterocycles. The van der Waals surface area contributed by atoms with E-state index in [9.17, 15) is 18.0 Å². The van der Waals surface area contributed by atoms with Crippen LogP contribution in [0, 0.1) is 6.92 Å². The van der Waals surface area contributed by atoms with Gasteiger partial charge in [0.2, 0.25) is 0 Å². The molecule has 2 N–H and O–H groups in total. The van der Waals surface area contributed by atoms with Crippen LogP contribution in [0.15, 0.2) is 61.2 Å². The predicted molar refractivity (Wildman–Crippen MR) is 131 cm³/mol. The molecule has 1 aliphatic heterocycles. The number of aryl methyl sites for hydroxylation is 1. The molecule has 1 aliphatic rings. The summed E-state index contributed by atoms with van der Waals surface area (Å²) in [6, 6.07) is 10.5. The minimum atomic E-state index is -4.52. The van der Waals surface area contributed by atoms with Crippen molar-refractivity contribution in [2.45, 2.75) is 25.8 Å². The zero-order valence-electron chi connectivity index (χ0n) is 20.2. The summed E-state index contributed by atoms with van der Waals surface area (Å²) in [6.07, 6.45) is -0.163. The number of alkyl halides is 3. The van der Waals surface area contributed by atoms with Crippen molar-refractivity contribution in [3.05, 3.63) is 89.0 Å². The van der Waals surface area contributed by atoms with E-state index in [2.05, 4.69) is 30.4 Å². The molecule has 7 nitrogen and oxygen atoms in total. The van der Waals surface area contributed by atoms with E-state index in [-0.39, 0.29) is 5.56 Å². The van der Waals surface area contributed by atoms with E-state index >= 15 is 0 Å². The first-order chi connectivity index (χ1) is 17.2. The fourth-order valence-electron chi connectivity index (χ4n) is 4.15. The van der Waals surface area contributed by atoms with Crippen LogP contribution >= 0.6 is 0 Å². The highest BCUT2D eigenvalue weighted by Crippen LogP contribution is 2.30. The number of nitrogens with zero attached hydrogens (tertiary/aromatic N) is 4. The van der Waals surface area contributed by atoms with Crippen LogP contribution in [0.5, 0.6) is 0 Å². The molecule has 36 heavy (non-hydrogen) atoms. The second kappa shape index (κ2) is 11.0. The minimum Gasteiger partial charge on any atom is -0.378 e. The average Bonchev–Trinajstić information content (AvgIpc) is 2.87. The van der Waals surface area contributed by atoms with Crippen molar-refractivity contribution in [1.29, 1.82) is 0 Å². The third kappa shape index (κ3) is 6.38. The van der Waals surface area contributed by atoms with Crippen LogP contribution in [0.3, 0.4) is 0 Å². The van der Waals surface area contributed by atoms with E-state index in [0.29, 0.717) is 19.6 Å². The summed E-state index contributed by atoms with van der Waals surface area (Å²) in [5.41, 5.74) is 2.89. The fourth-order valence-corrected chi connectivity index (χ4v) is 4.15. The molecule has 0 spiro atoms. The molecular weight excluding hydrogens is 469 g/mol. The number of piperazine rings is 1. The number of rotatable bonds is 7. The molecule has 2 aromatic carbocycles. The molecule has 4 rings (SSSR count). The number of amides is 1. The molecule has 10 heteroatoms. The van der Waals surface area contributed by atoms with Crippen molar-refractivity contribution < 1.29 is 18.0 Å². The Bertz CT molecular complexity index is 1180. The van der Waals surface area contributed by atoms with Gasteiger partial charge in [-0.1, -0.05) is 24.3 Å². The van der Waals surface area contributed by atoms with Gasteiger partial charge in [-0.3, -0.25) is 9.69 Å². The maximum absolute atomic E-state index is 13.2. The summed E-state index contributed by atoms with van der Waals surface area (Å²) >= 11 is 0. The van der Waals surface area contributed by atoms with Crippen LogP contribution in [0.4, 0.5) is 18.9 Å². The molecule has 1 aromatic heterocycles. The maximum atomic E-state index is 13.2. The number of aromatic nitrogens is 2. The van der Waals surface area contributed by atoms with Gasteiger partial charge in [-0.05, 0) is 48.9 Å². The second-order valence-corrected chi connectivity index (χ2v) is 8.96. The number of hydrogen-bond donors (Lipinski definition) is 2. The Morgan fingerprint density at radius 2 is 1.78 bits per heavy atom. The van der Waals surface area contributed by atoms with Crippen molar-refractivity contribution in [3.63, 3.8) is 0 Å². The Morgan fingerprint density at radius 3 is 2.47 bits per heavy atom. The Hall–Kier alpha value is -3.50. The van der Waals surface area contributed by atoms with Crippen molar-refractivity contribution in [1.82, 2.24) is 25.1 Å². The van der Waals surface area contributed by atoms with Gasteiger partial charge in [-0.15, -0.1) is 0 Å². The Balaban J connectivity index is 1.59. The number of carbonyl (C=O) groups excluding carboxylic acids is 1. The number of nitrogens with one attached hydrogen (secondary N) is 2. The van der Waals surface area contributed by atoms with Crippen LogP contribution in [0.2, 0.25) is 0 Å². The first-order valence-corrected chi connectivity index (χ1v) is 11.7. The third-order valence-electron chi connectivity index (χ3n) is 6.36. The molecule has 0 bridgehead atoms. The minimum absolute atomic E-state index is 0.0259. The number of halogens is 3. The van der Waals surface area contributed by atoms with E-state index in [0.717, 1.165) is 47.6 Å². The fraction of sp³-hybridized carbons (Fsp3) is 0.346. The first-order valence-electron chi connectivity index (χ1n) is 11.7. The predicted octanol–water partition coefficient (Wildman–Crippen LogP) is 4.09. The molecular formula is C26H29F3N6O. The Kier molecular flexibility index (Phi) is 7.85. The lowest BCUT2D eigenvalue weighted by Gasteiger charge is -2.38. The molecule has 190 valence electrons. The van der Waals surface area contributed by atoms with Crippen LogP contribution in [-0.4, -0.2) is 58.9 Å². The largest absolute Gasteiger partial charge is 0.416 e. The highest BCUT2D eigenvalue weighted by molar-refractivity contribution is 5.94. The van der Waals surface area contributed by atoms with Gasteiger partial charge < -0.3 is 15.5 Å². The van der Waals surface area contributed by atoms with E-state index in [4.69, 9.17) is 0 Å². The van der Waals surface area contributed by atoms with Crippen LogP contribution < -0.4 is 10.6 Å². The average molecular weight is 499 g/mol. The Morgan fingerprint density at radius 1 is 1.06 bits per heavy atom.